The van der Waals surface area contributed by atoms with Crippen LogP contribution >= 0.6 is 0 Å². The summed E-state index contributed by atoms with van der Waals surface area (Å²) in [5.74, 6) is 1.45. The fourth-order valence-corrected chi connectivity index (χ4v) is 3.50. The highest BCUT2D eigenvalue weighted by molar-refractivity contribution is 5.95. The Labute approximate surface area is 151 Å². The van der Waals surface area contributed by atoms with Crippen LogP contribution in [0.25, 0.3) is 11.3 Å². The van der Waals surface area contributed by atoms with E-state index < -0.39 is 0 Å². The highest BCUT2D eigenvalue weighted by Crippen LogP contribution is 2.26. The zero-order valence-corrected chi connectivity index (χ0v) is 14.9. The third kappa shape index (κ3) is 2.98. The number of amides is 1. The smallest absolute Gasteiger partial charge is 0.257 e. The summed E-state index contributed by atoms with van der Waals surface area (Å²) < 4.78 is 5.52. The summed E-state index contributed by atoms with van der Waals surface area (Å²) in [6, 6.07) is 5.72. The lowest BCUT2D eigenvalue weighted by Gasteiger charge is -2.19. The number of hydrogen-bond acceptors (Lipinski definition) is 5. The van der Waals surface area contributed by atoms with E-state index in [0.717, 1.165) is 41.1 Å². The maximum Gasteiger partial charge on any atom is 0.257 e. The van der Waals surface area contributed by atoms with E-state index in [4.69, 9.17) is 4.42 Å². The van der Waals surface area contributed by atoms with Crippen molar-refractivity contribution in [3.8, 4) is 11.3 Å². The summed E-state index contributed by atoms with van der Waals surface area (Å²) >= 11 is 0. The van der Waals surface area contributed by atoms with E-state index in [0.29, 0.717) is 24.4 Å². The lowest BCUT2D eigenvalue weighted by molar-refractivity contribution is 0.0761. The molecule has 6 nitrogen and oxygen atoms in total. The van der Waals surface area contributed by atoms with Gasteiger partial charge in [0.2, 0.25) is 0 Å². The van der Waals surface area contributed by atoms with Gasteiger partial charge in [-0.1, -0.05) is 0 Å². The van der Waals surface area contributed by atoms with Gasteiger partial charge in [0.25, 0.3) is 5.91 Å². The average Bonchev–Trinajstić information content (AvgIpc) is 2.87. The summed E-state index contributed by atoms with van der Waals surface area (Å²) in [5, 5.41) is 0. The molecule has 6 heteroatoms. The van der Waals surface area contributed by atoms with Crippen molar-refractivity contribution in [2.45, 2.75) is 26.7 Å². The first-order chi connectivity index (χ1) is 12.6. The van der Waals surface area contributed by atoms with Gasteiger partial charge in [-0.2, -0.15) is 0 Å². The lowest BCUT2D eigenvalue weighted by Crippen LogP contribution is -2.33. The van der Waals surface area contributed by atoms with Crippen LogP contribution in [-0.4, -0.2) is 38.8 Å². The number of aromatic nitrogens is 3. The first-order valence-corrected chi connectivity index (χ1v) is 8.73. The monoisotopic (exact) mass is 348 g/mol. The fourth-order valence-electron chi connectivity index (χ4n) is 3.50. The molecule has 0 fully saturated rings. The molecule has 0 unspecified atom stereocenters. The van der Waals surface area contributed by atoms with Crippen molar-refractivity contribution in [2.75, 3.05) is 13.1 Å². The van der Waals surface area contributed by atoms with Gasteiger partial charge in [-0.15, -0.1) is 0 Å². The van der Waals surface area contributed by atoms with Gasteiger partial charge in [0.05, 0.1) is 11.3 Å². The average molecular weight is 348 g/mol. The minimum atomic E-state index is 0.0191. The zero-order chi connectivity index (χ0) is 18.1. The Kier molecular flexibility index (Phi) is 4.24. The van der Waals surface area contributed by atoms with Gasteiger partial charge < -0.3 is 9.32 Å². The molecule has 3 aromatic rings. The Balaban J connectivity index is 1.62. The maximum atomic E-state index is 12.9. The first kappa shape index (κ1) is 16.4. The summed E-state index contributed by atoms with van der Waals surface area (Å²) in [5.41, 5.74) is 4.74. The largest absolute Gasteiger partial charge is 0.466 e. The predicted octanol–water partition coefficient (Wildman–Crippen LogP) is 2.99. The van der Waals surface area contributed by atoms with Gasteiger partial charge in [0.1, 0.15) is 17.8 Å². The van der Waals surface area contributed by atoms with E-state index in [1.54, 1.807) is 18.7 Å². The Morgan fingerprint density at radius 2 is 1.88 bits per heavy atom. The second-order valence-electron chi connectivity index (χ2n) is 6.50. The molecule has 3 aromatic heterocycles. The van der Waals surface area contributed by atoms with E-state index in [-0.39, 0.29) is 5.91 Å². The predicted molar refractivity (Wildman–Crippen MR) is 96.8 cm³/mol. The standard InChI is InChI=1S/C20H20N4O2/c1-13-11-17(14(2)26-13)20(25)24-9-5-16-18(6-10-24)22-12-23-19(16)15-3-7-21-8-4-15/h3-4,7-8,11-12H,5-6,9-10H2,1-2H3. The van der Waals surface area contributed by atoms with E-state index in [9.17, 15) is 4.79 Å². The minimum absolute atomic E-state index is 0.0191. The molecular formula is C20H20N4O2. The molecule has 0 N–H and O–H groups in total. The quantitative estimate of drug-likeness (QED) is 0.712. The second-order valence-corrected chi connectivity index (χ2v) is 6.50. The molecule has 132 valence electrons. The molecule has 1 aliphatic rings. The molecule has 26 heavy (non-hydrogen) atoms. The highest BCUT2D eigenvalue weighted by atomic mass is 16.3. The van der Waals surface area contributed by atoms with Crippen LogP contribution in [0.15, 0.2) is 41.3 Å². The zero-order valence-electron chi connectivity index (χ0n) is 14.9. The van der Waals surface area contributed by atoms with Gasteiger partial charge in [0, 0.05) is 48.7 Å². The molecule has 0 radical (unpaired) electrons. The van der Waals surface area contributed by atoms with Crippen LogP contribution in [0.3, 0.4) is 0 Å². The number of rotatable bonds is 2. The molecule has 4 rings (SSSR count). The number of carbonyl (C=O) groups excluding carboxylic acids is 1. The third-order valence-corrected chi connectivity index (χ3v) is 4.80. The van der Waals surface area contributed by atoms with Crippen LogP contribution in [0.2, 0.25) is 0 Å². The highest BCUT2D eigenvalue weighted by Gasteiger charge is 2.25. The number of nitrogens with zero attached hydrogens (tertiary/aromatic N) is 4. The molecule has 0 atom stereocenters. The number of fused-ring (bicyclic) bond motifs is 1. The van der Waals surface area contributed by atoms with Crippen LogP contribution in [0.1, 0.15) is 33.1 Å². The van der Waals surface area contributed by atoms with Crippen molar-refractivity contribution >= 4 is 5.91 Å². The van der Waals surface area contributed by atoms with Crippen LogP contribution < -0.4 is 0 Å². The van der Waals surface area contributed by atoms with Crippen molar-refractivity contribution in [1.29, 1.82) is 0 Å². The summed E-state index contributed by atoms with van der Waals surface area (Å²) in [6.45, 7) is 4.97. The Morgan fingerprint density at radius 3 is 2.62 bits per heavy atom. The molecule has 0 aliphatic carbocycles. The molecular weight excluding hydrogens is 328 g/mol. The van der Waals surface area contributed by atoms with Crippen molar-refractivity contribution in [1.82, 2.24) is 19.9 Å². The number of hydrogen-bond donors (Lipinski definition) is 0. The number of furan rings is 1. The maximum absolute atomic E-state index is 12.9. The Bertz CT molecular complexity index is 950. The van der Waals surface area contributed by atoms with E-state index in [1.807, 2.05) is 36.9 Å². The summed E-state index contributed by atoms with van der Waals surface area (Å²) in [7, 11) is 0. The van der Waals surface area contributed by atoms with Crippen LogP contribution in [0.5, 0.6) is 0 Å². The Morgan fingerprint density at radius 1 is 1.12 bits per heavy atom. The summed E-state index contributed by atoms with van der Waals surface area (Å²) in [4.78, 5) is 27.8. The second kappa shape index (κ2) is 6.71. The molecule has 4 heterocycles. The first-order valence-electron chi connectivity index (χ1n) is 8.73. The molecule has 0 spiro atoms. The summed E-state index contributed by atoms with van der Waals surface area (Å²) in [6.07, 6.45) is 6.59. The molecule has 0 bridgehead atoms. The van der Waals surface area contributed by atoms with E-state index in [1.165, 1.54) is 0 Å². The normalized spacial score (nSPS) is 14.0. The topological polar surface area (TPSA) is 72.1 Å². The molecule has 0 saturated heterocycles. The molecule has 0 saturated carbocycles. The van der Waals surface area contributed by atoms with Gasteiger partial charge >= 0.3 is 0 Å². The van der Waals surface area contributed by atoms with Crippen molar-refractivity contribution in [2.24, 2.45) is 0 Å². The number of aryl methyl sites for hydroxylation is 2. The van der Waals surface area contributed by atoms with Crippen molar-refractivity contribution in [3.63, 3.8) is 0 Å². The number of carbonyl (C=O) groups is 1. The van der Waals surface area contributed by atoms with Gasteiger partial charge in [-0.3, -0.25) is 9.78 Å². The van der Waals surface area contributed by atoms with Crippen LogP contribution in [0, 0.1) is 13.8 Å². The van der Waals surface area contributed by atoms with E-state index in [2.05, 4.69) is 15.0 Å². The van der Waals surface area contributed by atoms with Crippen LogP contribution in [-0.2, 0) is 12.8 Å². The SMILES string of the molecule is Cc1cc(C(=O)N2CCc3ncnc(-c4ccncc4)c3CC2)c(C)o1. The lowest BCUT2D eigenvalue weighted by atomic mass is 10.0. The van der Waals surface area contributed by atoms with Gasteiger partial charge in [-0.05, 0) is 38.5 Å². The van der Waals surface area contributed by atoms with Crippen molar-refractivity contribution < 1.29 is 9.21 Å². The molecule has 1 aliphatic heterocycles. The number of pyridine rings is 1. The van der Waals surface area contributed by atoms with Gasteiger partial charge in [-0.25, -0.2) is 9.97 Å². The van der Waals surface area contributed by atoms with Crippen LogP contribution in [0.4, 0.5) is 0 Å². The fraction of sp³-hybridized carbons (Fsp3) is 0.300. The molecule has 1 amide bonds. The van der Waals surface area contributed by atoms with Gasteiger partial charge in [0.15, 0.2) is 0 Å². The molecule has 0 aromatic carbocycles. The third-order valence-electron chi connectivity index (χ3n) is 4.80. The van der Waals surface area contributed by atoms with E-state index >= 15 is 0 Å². The Hall–Kier alpha value is -3.02. The van der Waals surface area contributed by atoms with Crippen molar-refractivity contribution in [3.05, 3.63) is 65.3 Å². The minimum Gasteiger partial charge on any atom is -0.466 e.